The molecule has 0 saturated carbocycles. The monoisotopic (exact) mass is 420 g/mol. The fourth-order valence-corrected chi connectivity index (χ4v) is 3.94. The number of methoxy groups -OCH3 is 2. The number of anilines is 2. The summed E-state index contributed by atoms with van der Waals surface area (Å²) in [7, 11) is -0.796. The number of ether oxygens (including phenoxy) is 2. The first kappa shape index (κ1) is 22.5. The van der Waals surface area contributed by atoms with Crippen molar-refractivity contribution in [3.8, 4) is 11.5 Å². The lowest BCUT2D eigenvalue weighted by Gasteiger charge is -2.24. The van der Waals surface area contributed by atoms with Gasteiger partial charge in [-0.25, -0.2) is 8.42 Å². The second kappa shape index (κ2) is 9.65. The number of carbonyl (C=O) groups is 1. The molecule has 2 aromatic rings. The van der Waals surface area contributed by atoms with Gasteiger partial charge in [-0.3, -0.25) is 9.10 Å². The molecule has 0 aliphatic heterocycles. The highest BCUT2D eigenvalue weighted by atomic mass is 32.2. The van der Waals surface area contributed by atoms with E-state index in [2.05, 4.69) is 5.32 Å². The first-order valence-corrected chi connectivity index (χ1v) is 11.2. The molecule has 0 aliphatic rings. The topological polar surface area (TPSA) is 84.9 Å². The van der Waals surface area contributed by atoms with Crippen LogP contribution in [0.5, 0.6) is 11.5 Å². The molecule has 1 N–H and O–H groups in total. The Labute approximate surface area is 172 Å². The summed E-state index contributed by atoms with van der Waals surface area (Å²) in [6.07, 6.45) is 2.57. The van der Waals surface area contributed by atoms with Crippen LogP contribution in [-0.4, -0.2) is 41.3 Å². The number of sulfonamides is 1. The van der Waals surface area contributed by atoms with Crippen LogP contribution >= 0.6 is 0 Å². The smallest absolute Gasteiger partial charge is 0.245 e. The average molecular weight is 421 g/mol. The fourth-order valence-electron chi connectivity index (χ4n) is 3.08. The van der Waals surface area contributed by atoms with Crippen LogP contribution in [0.25, 0.3) is 0 Å². The van der Waals surface area contributed by atoms with Crippen molar-refractivity contribution in [2.45, 2.75) is 26.7 Å². The van der Waals surface area contributed by atoms with E-state index in [1.165, 1.54) is 14.2 Å². The first-order chi connectivity index (χ1) is 13.7. The molecule has 0 saturated heterocycles. The van der Waals surface area contributed by atoms with E-state index < -0.39 is 15.9 Å². The molecule has 0 spiro atoms. The second-order valence-electron chi connectivity index (χ2n) is 6.51. The summed E-state index contributed by atoms with van der Waals surface area (Å²) in [5.74, 6) is 0.391. The SMILES string of the molecule is CCc1cccc(CC)c1NC(=O)CN(c1ccc(OC)cc1OC)S(C)(=O)=O. The van der Waals surface area contributed by atoms with Gasteiger partial charge in [0.25, 0.3) is 0 Å². The van der Waals surface area contributed by atoms with Crippen molar-refractivity contribution in [2.24, 2.45) is 0 Å². The quantitative estimate of drug-likeness (QED) is 0.673. The molecule has 7 nitrogen and oxygen atoms in total. The van der Waals surface area contributed by atoms with E-state index in [0.717, 1.165) is 40.2 Å². The third kappa shape index (κ3) is 5.41. The van der Waals surface area contributed by atoms with Crippen LogP contribution in [0.4, 0.5) is 11.4 Å². The second-order valence-corrected chi connectivity index (χ2v) is 8.42. The van der Waals surface area contributed by atoms with Crippen LogP contribution in [0, 0.1) is 0 Å². The van der Waals surface area contributed by atoms with Gasteiger partial charge in [0, 0.05) is 11.8 Å². The van der Waals surface area contributed by atoms with Gasteiger partial charge in [0.1, 0.15) is 18.0 Å². The normalized spacial score (nSPS) is 11.1. The summed E-state index contributed by atoms with van der Waals surface area (Å²) < 4.78 is 36.4. The van der Waals surface area contributed by atoms with E-state index in [1.54, 1.807) is 18.2 Å². The molecule has 1 amide bonds. The van der Waals surface area contributed by atoms with Crippen LogP contribution in [0.3, 0.4) is 0 Å². The van der Waals surface area contributed by atoms with Gasteiger partial charge in [-0.1, -0.05) is 32.0 Å². The Morgan fingerprint density at radius 1 is 1.03 bits per heavy atom. The molecule has 0 aromatic heterocycles. The van der Waals surface area contributed by atoms with Gasteiger partial charge in [-0.2, -0.15) is 0 Å². The van der Waals surface area contributed by atoms with Gasteiger partial charge in [-0.15, -0.1) is 0 Å². The van der Waals surface area contributed by atoms with Gasteiger partial charge in [0.2, 0.25) is 15.9 Å². The van der Waals surface area contributed by atoms with E-state index in [-0.39, 0.29) is 12.2 Å². The molecular formula is C21H28N2O5S. The maximum atomic E-state index is 12.8. The minimum absolute atomic E-state index is 0.269. The van der Waals surface area contributed by atoms with Gasteiger partial charge >= 0.3 is 0 Å². The van der Waals surface area contributed by atoms with Crippen molar-refractivity contribution in [3.05, 3.63) is 47.5 Å². The van der Waals surface area contributed by atoms with Gasteiger partial charge in [0.05, 0.1) is 26.2 Å². The number of rotatable bonds is 9. The Morgan fingerprint density at radius 3 is 2.14 bits per heavy atom. The maximum Gasteiger partial charge on any atom is 0.245 e. The summed E-state index contributed by atoms with van der Waals surface area (Å²) in [6, 6.07) is 10.6. The molecule has 29 heavy (non-hydrogen) atoms. The molecular weight excluding hydrogens is 392 g/mol. The number of aryl methyl sites for hydroxylation is 2. The molecule has 0 aliphatic carbocycles. The zero-order valence-corrected chi connectivity index (χ0v) is 18.3. The van der Waals surface area contributed by atoms with E-state index >= 15 is 0 Å². The Balaban J connectivity index is 2.37. The number of amides is 1. The standard InChI is InChI=1S/C21H28N2O5S/c1-6-15-9-8-10-16(7-2)21(15)22-20(24)14-23(29(5,25)26)18-12-11-17(27-3)13-19(18)28-4/h8-13H,6-7,14H2,1-5H3,(H,22,24). The van der Waals surface area contributed by atoms with Crippen LogP contribution in [0.15, 0.2) is 36.4 Å². The van der Waals surface area contributed by atoms with E-state index in [4.69, 9.17) is 9.47 Å². The third-order valence-electron chi connectivity index (χ3n) is 4.61. The number of benzene rings is 2. The Morgan fingerprint density at radius 2 is 1.66 bits per heavy atom. The van der Waals surface area contributed by atoms with Gasteiger partial charge in [0.15, 0.2) is 0 Å². The zero-order valence-electron chi connectivity index (χ0n) is 17.5. The molecule has 8 heteroatoms. The summed E-state index contributed by atoms with van der Waals surface area (Å²) in [6.45, 7) is 3.65. The van der Waals surface area contributed by atoms with Crippen molar-refractivity contribution in [2.75, 3.05) is 36.6 Å². The van der Waals surface area contributed by atoms with Crippen LogP contribution < -0.4 is 19.1 Å². The Kier molecular flexibility index (Phi) is 7.50. The lowest BCUT2D eigenvalue weighted by atomic mass is 10.0. The average Bonchev–Trinajstić information content (AvgIpc) is 2.70. The van der Waals surface area contributed by atoms with E-state index in [0.29, 0.717) is 11.5 Å². The summed E-state index contributed by atoms with van der Waals surface area (Å²) in [5, 5.41) is 2.90. The highest BCUT2D eigenvalue weighted by molar-refractivity contribution is 7.92. The van der Waals surface area contributed by atoms with Crippen molar-refractivity contribution < 1.29 is 22.7 Å². The lowest BCUT2D eigenvalue weighted by Crippen LogP contribution is -2.38. The number of hydrogen-bond donors (Lipinski definition) is 1. The van der Waals surface area contributed by atoms with Gasteiger partial charge in [-0.05, 0) is 36.1 Å². The minimum atomic E-state index is -3.74. The van der Waals surface area contributed by atoms with Crippen molar-refractivity contribution in [1.82, 2.24) is 0 Å². The largest absolute Gasteiger partial charge is 0.497 e. The number of hydrogen-bond acceptors (Lipinski definition) is 5. The van der Waals surface area contributed by atoms with Crippen LogP contribution in [0.2, 0.25) is 0 Å². The summed E-state index contributed by atoms with van der Waals surface area (Å²) >= 11 is 0. The van der Waals surface area contributed by atoms with E-state index in [9.17, 15) is 13.2 Å². The Hall–Kier alpha value is -2.74. The molecule has 2 aromatic carbocycles. The maximum absolute atomic E-state index is 12.8. The third-order valence-corrected chi connectivity index (χ3v) is 5.73. The Bertz CT molecular complexity index is 951. The molecule has 0 atom stereocenters. The lowest BCUT2D eigenvalue weighted by molar-refractivity contribution is -0.114. The van der Waals surface area contributed by atoms with E-state index in [1.807, 2.05) is 32.0 Å². The predicted molar refractivity (Wildman–Crippen MR) is 116 cm³/mol. The molecule has 158 valence electrons. The minimum Gasteiger partial charge on any atom is -0.497 e. The van der Waals surface area contributed by atoms with Crippen LogP contribution in [0.1, 0.15) is 25.0 Å². The zero-order chi connectivity index (χ0) is 21.6. The predicted octanol–water partition coefficient (Wildman–Crippen LogP) is 3.23. The molecule has 0 radical (unpaired) electrons. The van der Waals surface area contributed by atoms with Crippen molar-refractivity contribution >= 4 is 27.3 Å². The van der Waals surface area contributed by atoms with Crippen molar-refractivity contribution in [3.63, 3.8) is 0 Å². The number of para-hydroxylation sites is 1. The van der Waals surface area contributed by atoms with Gasteiger partial charge < -0.3 is 14.8 Å². The number of carbonyl (C=O) groups excluding carboxylic acids is 1. The summed E-state index contributed by atoms with van der Waals surface area (Å²) in [4.78, 5) is 12.8. The first-order valence-electron chi connectivity index (χ1n) is 9.35. The number of nitrogens with zero attached hydrogens (tertiary/aromatic N) is 1. The molecule has 0 bridgehead atoms. The highest BCUT2D eigenvalue weighted by Gasteiger charge is 2.25. The molecule has 0 fully saturated rings. The highest BCUT2D eigenvalue weighted by Crippen LogP contribution is 2.33. The molecule has 0 unspecified atom stereocenters. The molecule has 0 heterocycles. The van der Waals surface area contributed by atoms with Crippen LogP contribution in [-0.2, 0) is 27.7 Å². The number of nitrogens with one attached hydrogen (secondary N) is 1. The molecule has 2 rings (SSSR count). The summed E-state index contributed by atoms with van der Waals surface area (Å²) in [5.41, 5.74) is 3.03. The van der Waals surface area contributed by atoms with Crippen molar-refractivity contribution in [1.29, 1.82) is 0 Å². The fraction of sp³-hybridized carbons (Fsp3) is 0.381.